The van der Waals surface area contributed by atoms with Crippen molar-refractivity contribution in [3.63, 3.8) is 0 Å². The summed E-state index contributed by atoms with van der Waals surface area (Å²) in [6.45, 7) is 3.41. The molecule has 14 heavy (non-hydrogen) atoms. The molecule has 0 bridgehead atoms. The number of hydrogen-bond donors (Lipinski definition) is 1. The zero-order chi connectivity index (χ0) is 10.7. The van der Waals surface area contributed by atoms with Crippen molar-refractivity contribution in [2.45, 2.75) is 20.0 Å². The molecule has 0 atom stereocenters. The number of halogens is 1. The lowest BCUT2D eigenvalue weighted by Crippen LogP contribution is -2.21. The van der Waals surface area contributed by atoms with Crippen LogP contribution in [0.5, 0.6) is 0 Å². The molecule has 0 fully saturated rings. The van der Waals surface area contributed by atoms with Crippen LogP contribution in [-0.4, -0.2) is 17.1 Å². The summed E-state index contributed by atoms with van der Waals surface area (Å²) in [6, 6.07) is 1.28. The van der Waals surface area contributed by atoms with Crippen molar-refractivity contribution in [1.82, 2.24) is 4.98 Å². The Hall–Kier alpha value is -1.29. The molecule has 0 aliphatic rings. The van der Waals surface area contributed by atoms with E-state index < -0.39 is 11.5 Å². The molecule has 0 amide bonds. The van der Waals surface area contributed by atoms with Crippen molar-refractivity contribution in [2.75, 3.05) is 0 Å². The third kappa shape index (κ3) is 2.60. The van der Waals surface area contributed by atoms with E-state index in [0.717, 1.165) is 0 Å². The fourth-order valence-electron chi connectivity index (χ4n) is 0.887. The Morgan fingerprint density at radius 1 is 1.57 bits per heavy atom. The van der Waals surface area contributed by atoms with Gasteiger partial charge in [-0.1, -0.05) is 11.6 Å². The molecular weight excluding hydrogens is 206 g/mol. The fraction of sp³-hybridized carbons (Fsp3) is 0.333. The minimum atomic E-state index is -0.663. The van der Waals surface area contributed by atoms with Gasteiger partial charge in [-0.15, -0.1) is 0 Å². The van der Waals surface area contributed by atoms with Gasteiger partial charge in [0.15, 0.2) is 0 Å². The molecule has 0 saturated heterocycles. The van der Waals surface area contributed by atoms with E-state index in [9.17, 15) is 9.59 Å². The van der Waals surface area contributed by atoms with Crippen molar-refractivity contribution in [3.05, 3.63) is 33.2 Å². The van der Waals surface area contributed by atoms with Crippen LogP contribution in [0.3, 0.4) is 0 Å². The second-order valence-corrected chi connectivity index (χ2v) is 3.45. The predicted octanol–water partition coefficient (Wildman–Crippen LogP) is 1.59. The normalized spacial score (nSPS) is 10.3. The van der Waals surface area contributed by atoms with Gasteiger partial charge in [-0.25, -0.2) is 4.79 Å². The number of carbonyl (C=O) groups is 1. The van der Waals surface area contributed by atoms with Crippen LogP contribution in [0.25, 0.3) is 0 Å². The summed E-state index contributed by atoms with van der Waals surface area (Å²) in [7, 11) is 0. The van der Waals surface area contributed by atoms with Crippen LogP contribution in [0, 0.1) is 0 Å². The maximum Gasteiger partial charge on any atom is 0.344 e. The Bertz CT molecular complexity index is 397. The first kappa shape index (κ1) is 10.8. The Balaban J connectivity index is 3.00. The topological polar surface area (TPSA) is 59.2 Å². The van der Waals surface area contributed by atoms with Crippen molar-refractivity contribution in [2.24, 2.45) is 0 Å². The Kier molecular flexibility index (Phi) is 3.30. The monoisotopic (exact) mass is 215 g/mol. The van der Waals surface area contributed by atoms with Gasteiger partial charge in [-0.3, -0.25) is 4.79 Å². The predicted molar refractivity (Wildman–Crippen MR) is 52.6 cm³/mol. The van der Waals surface area contributed by atoms with E-state index in [4.69, 9.17) is 16.3 Å². The first-order chi connectivity index (χ1) is 6.50. The quantitative estimate of drug-likeness (QED) is 0.763. The van der Waals surface area contributed by atoms with Crippen molar-refractivity contribution in [3.8, 4) is 0 Å². The lowest BCUT2D eigenvalue weighted by atomic mass is 10.3. The minimum absolute atomic E-state index is 0.0776. The molecule has 0 aromatic carbocycles. The molecule has 0 spiro atoms. The van der Waals surface area contributed by atoms with Crippen LogP contribution in [0.4, 0.5) is 0 Å². The van der Waals surface area contributed by atoms with E-state index in [0.29, 0.717) is 5.02 Å². The fourth-order valence-corrected chi connectivity index (χ4v) is 1.05. The summed E-state index contributed by atoms with van der Waals surface area (Å²) in [6.07, 6.45) is 1.05. The number of rotatable bonds is 2. The number of aromatic amines is 1. The molecule has 5 heteroatoms. The van der Waals surface area contributed by atoms with Crippen LogP contribution in [0.15, 0.2) is 17.1 Å². The minimum Gasteiger partial charge on any atom is -0.459 e. The number of H-pyrrole nitrogens is 1. The van der Waals surface area contributed by atoms with Gasteiger partial charge in [0, 0.05) is 6.20 Å². The molecule has 0 radical (unpaired) electrons. The van der Waals surface area contributed by atoms with Gasteiger partial charge in [-0.05, 0) is 19.9 Å². The van der Waals surface area contributed by atoms with E-state index in [1.165, 1.54) is 12.3 Å². The molecular formula is C9H10ClNO3. The summed E-state index contributed by atoms with van der Waals surface area (Å²) in [5.41, 5.74) is -0.578. The summed E-state index contributed by atoms with van der Waals surface area (Å²) < 4.78 is 4.85. The molecule has 1 N–H and O–H groups in total. The molecule has 0 aliphatic carbocycles. The van der Waals surface area contributed by atoms with Gasteiger partial charge in [0.05, 0.1) is 11.1 Å². The number of ether oxygens (including phenoxy) is 1. The molecule has 4 nitrogen and oxygen atoms in total. The summed E-state index contributed by atoms with van der Waals surface area (Å²) >= 11 is 5.62. The summed E-state index contributed by atoms with van der Waals surface area (Å²) in [4.78, 5) is 24.8. The first-order valence-electron chi connectivity index (χ1n) is 4.10. The van der Waals surface area contributed by atoms with Gasteiger partial charge >= 0.3 is 5.97 Å². The lowest BCUT2D eigenvalue weighted by Gasteiger charge is -2.06. The Morgan fingerprint density at radius 3 is 2.79 bits per heavy atom. The Labute approximate surface area is 85.9 Å². The Morgan fingerprint density at radius 2 is 2.21 bits per heavy atom. The number of pyridine rings is 1. The molecule has 1 aromatic heterocycles. The lowest BCUT2D eigenvalue weighted by molar-refractivity contribution is 0.0376. The van der Waals surface area contributed by atoms with Crippen LogP contribution >= 0.6 is 11.6 Å². The second kappa shape index (κ2) is 4.28. The highest BCUT2D eigenvalue weighted by Crippen LogP contribution is 2.07. The van der Waals surface area contributed by atoms with Crippen LogP contribution in [0.1, 0.15) is 24.2 Å². The third-order valence-electron chi connectivity index (χ3n) is 1.43. The highest BCUT2D eigenvalue weighted by molar-refractivity contribution is 6.30. The molecule has 0 unspecified atom stereocenters. The second-order valence-electron chi connectivity index (χ2n) is 3.01. The maximum atomic E-state index is 11.3. The first-order valence-corrected chi connectivity index (χ1v) is 4.47. The number of carbonyl (C=O) groups excluding carboxylic acids is 1. The van der Waals surface area contributed by atoms with Gasteiger partial charge in [-0.2, -0.15) is 0 Å². The standard InChI is InChI=1S/C9H10ClNO3/c1-5(2)14-9(13)7-3-6(10)4-11-8(7)12/h3-5H,1-2H3,(H,11,12). The highest BCUT2D eigenvalue weighted by Gasteiger charge is 2.13. The molecule has 76 valence electrons. The summed E-state index contributed by atoms with van der Waals surface area (Å²) in [5, 5.41) is 0.292. The molecule has 1 aromatic rings. The van der Waals surface area contributed by atoms with E-state index >= 15 is 0 Å². The van der Waals surface area contributed by atoms with E-state index in [1.807, 2.05) is 0 Å². The molecule has 1 heterocycles. The SMILES string of the molecule is CC(C)OC(=O)c1cc(Cl)c[nH]c1=O. The zero-order valence-corrected chi connectivity index (χ0v) is 8.59. The molecule has 0 saturated carbocycles. The summed E-state index contributed by atoms with van der Waals surface area (Å²) in [5.74, 6) is -0.663. The van der Waals surface area contributed by atoms with Crippen molar-refractivity contribution in [1.29, 1.82) is 0 Å². The molecule has 0 aliphatic heterocycles. The van der Waals surface area contributed by atoms with Crippen LogP contribution in [0.2, 0.25) is 5.02 Å². The number of esters is 1. The number of hydrogen-bond acceptors (Lipinski definition) is 3. The molecule has 1 rings (SSSR count). The van der Waals surface area contributed by atoms with Gasteiger partial charge in [0.25, 0.3) is 5.56 Å². The van der Waals surface area contributed by atoms with Crippen molar-refractivity contribution < 1.29 is 9.53 Å². The van der Waals surface area contributed by atoms with Crippen molar-refractivity contribution >= 4 is 17.6 Å². The average molecular weight is 216 g/mol. The van der Waals surface area contributed by atoms with Crippen LogP contribution in [-0.2, 0) is 4.74 Å². The van der Waals surface area contributed by atoms with Gasteiger partial charge in [0.1, 0.15) is 5.56 Å². The largest absolute Gasteiger partial charge is 0.459 e. The maximum absolute atomic E-state index is 11.3. The average Bonchev–Trinajstić information content (AvgIpc) is 2.08. The zero-order valence-electron chi connectivity index (χ0n) is 7.83. The van der Waals surface area contributed by atoms with Gasteiger partial charge in [0.2, 0.25) is 0 Å². The number of nitrogens with one attached hydrogen (secondary N) is 1. The van der Waals surface area contributed by atoms with Gasteiger partial charge < -0.3 is 9.72 Å². The van der Waals surface area contributed by atoms with E-state index in [-0.39, 0.29) is 11.7 Å². The number of aromatic nitrogens is 1. The van der Waals surface area contributed by atoms with E-state index in [1.54, 1.807) is 13.8 Å². The van der Waals surface area contributed by atoms with Crippen LogP contribution < -0.4 is 5.56 Å². The van der Waals surface area contributed by atoms with E-state index in [2.05, 4.69) is 4.98 Å². The smallest absolute Gasteiger partial charge is 0.344 e. The third-order valence-corrected chi connectivity index (χ3v) is 1.65. The highest BCUT2D eigenvalue weighted by atomic mass is 35.5.